The molecule has 2 N–H and O–H groups in total. The number of nitrogens with one attached hydrogen (secondary N) is 1. The van der Waals surface area contributed by atoms with Crippen LogP contribution in [0.2, 0.25) is 0 Å². The highest BCUT2D eigenvalue weighted by Gasteiger charge is 2.23. The number of aliphatic carboxylic acids is 1. The van der Waals surface area contributed by atoms with Crippen molar-refractivity contribution in [3.05, 3.63) is 29.8 Å². The number of rotatable bonds is 6. The van der Waals surface area contributed by atoms with Crippen molar-refractivity contribution in [1.29, 1.82) is 0 Å². The van der Waals surface area contributed by atoms with Gasteiger partial charge in [-0.05, 0) is 37.5 Å². The van der Waals surface area contributed by atoms with E-state index in [9.17, 15) is 14.4 Å². The molecule has 2 rings (SSSR count). The fourth-order valence-electron chi connectivity index (χ4n) is 2.79. The van der Waals surface area contributed by atoms with Crippen molar-refractivity contribution in [3.8, 4) is 0 Å². The summed E-state index contributed by atoms with van der Waals surface area (Å²) in [6, 6.07) is 7.47. The summed E-state index contributed by atoms with van der Waals surface area (Å²) >= 11 is 0. The van der Waals surface area contributed by atoms with Gasteiger partial charge < -0.3 is 20.2 Å². The molecule has 7 nitrogen and oxygen atoms in total. The maximum atomic E-state index is 12.3. The molecule has 7 heteroatoms. The molecule has 0 spiro atoms. The Kier molecular flexibility index (Phi) is 6.80. The highest BCUT2D eigenvalue weighted by atomic mass is 16.4. The summed E-state index contributed by atoms with van der Waals surface area (Å²) in [4.78, 5) is 38.3. The Hall–Kier alpha value is -2.57. The molecule has 1 fully saturated rings. The normalized spacial score (nSPS) is 14.3. The number of aryl methyl sites for hydroxylation is 1. The number of carboxylic acid groups (broad SMARTS) is 1. The third-order valence-electron chi connectivity index (χ3n) is 4.22. The molecule has 0 atom stereocenters. The van der Waals surface area contributed by atoms with Crippen LogP contribution in [0.25, 0.3) is 0 Å². The minimum atomic E-state index is -0.833. The van der Waals surface area contributed by atoms with Gasteiger partial charge in [-0.15, -0.1) is 0 Å². The van der Waals surface area contributed by atoms with Gasteiger partial charge >= 0.3 is 12.0 Å². The van der Waals surface area contributed by atoms with Crippen LogP contribution in [0.3, 0.4) is 0 Å². The van der Waals surface area contributed by atoms with E-state index in [0.29, 0.717) is 45.4 Å². The summed E-state index contributed by atoms with van der Waals surface area (Å²) in [5, 5.41) is 11.5. The van der Waals surface area contributed by atoms with E-state index in [1.54, 1.807) is 9.80 Å². The van der Waals surface area contributed by atoms with Crippen LogP contribution in [0, 0.1) is 6.92 Å². The van der Waals surface area contributed by atoms with Crippen molar-refractivity contribution < 1.29 is 19.5 Å². The first-order valence-electron chi connectivity index (χ1n) is 8.58. The van der Waals surface area contributed by atoms with Crippen LogP contribution in [0.4, 0.5) is 10.5 Å². The summed E-state index contributed by atoms with van der Waals surface area (Å²) in [6.07, 6.45) is 1.56. The van der Waals surface area contributed by atoms with Crippen molar-refractivity contribution in [2.75, 3.05) is 31.5 Å². The zero-order chi connectivity index (χ0) is 18.2. The second-order valence-corrected chi connectivity index (χ2v) is 6.27. The Morgan fingerprint density at radius 2 is 1.68 bits per heavy atom. The summed E-state index contributed by atoms with van der Waals surface area (Å²) < 4.78 is 0. The standard InChI is InChI=1S/C18H25N3O4/c1-14-5-4-6-15(13-14)19-18(25)21-11-9-20(10-12-21)16(22)7-2-3-8-17(23)24/h4-6,13H,2-3,7-12H2,1H3,(H,19,25)(H,23,24). The Balaban J connectivity index is 1.72. The van der Waals surface area contributed by atoms with Crippen LogP contribution >= 0.6 is 0 Å². The van der Waals surface area contributed by atoms with Gasteiger partial charge in [0.15, 0.2) is 0 Å². The largest absolute Gasteiger partial charge is 0.481 e. The van der Waals surface area contributed by atoms with Crippen LogP contribution in [-0.4, -0.2) is 59.0 Å². The third-order valence-corrected chi connectivity index (χ3v) is 4.22. The SMILES string of the molecule is Cc1cccc(NC(=O)N2CCN(C(=O)CCCCC(=O)O)CC2)c1. The summed E-state index contributed by atoms with van der Waals surface area (Å²) in [5.74, 6) is -0.801. The molecule has 25 heavy (non-hydrogen) atoms. The average molecular weight is 347 g/mol. The molecule has 0 aromatic heterocycles. The Labute approximate surface area is 147 Å². The lowest BCUT2D eigenvalue weighted by molar-refractivity contribution is -0.137. The minimum Gasteiger partial charge on any atom is -0.481 e. The number of piperazine rings is 1. The number of nitrogens with zero attached hydrogens (tertiary/aromatic N) is 2. The Morgan fingerprint density at radius 3 is 2.32 bits per heavy atom. The van der Waals surface area contributed by atoms with Crippen molar-refractivity contribution in [2.24, 2.45) is 0 Å². The molecule has 1 aliphatic rings. The Bertz CT molecular complexity index is 625. The van der Waals surface area contributed by atoms with Crippen molar-refractivity contribution in [3.63, 3.8) is 0 Å². The average Bonchev–Trinajstić information content (AvgIpc) is 2.58. The number of carboxylic acids is 1. The van der Waals surface area contributed by atoms with E-state index in [2.05, 4.69) is 5.32 Å². The van der Waals surface area contributed by atoms with Crippen LogP contribution in [0.5, 0.6) is 0 Å². The zero-order valence-corrected chi connectivity index (χ0v) is 14.5. The summed E-state index contributed by atoms with van der Waals surface area (Å²) in [6.45, 7) is 3.99. The first-order valence-corrected chi connectivity index (χ1v) is 8.58. The van der Waals surface area contributed by atoms with Gasteiger partial charge in [-0.1, -0.05) is 12.1 Å². The second-order valence-electron chi connectivity index (χ2n) is 6.27. The van der Waals surface area contributed by atoms with Gasteiger partial charge in [0.25, 0.3) is 0 Å². The van der Waals surface area contributed by atoms with E-state index < -0.39 is 5.97 Å². The quantitative estimate of drug-likeness (QED) is 0.773. The second kappa shape index (κ2) is 9.05. The Morgan fingerprint density at radius 1 is 1.04 bits per heavy atom. The molecule has 136 valence electrons. The third kappa shape index (κ3) is 6.10. The van der Waals surface area contributed by atoms with Crippen LogP contribution in [0.1, 0.15) is 31.2 Å². The first kappa shape index (κ1) is 18.8. The van der Waals surface area contributed by atoms with Gasteiger partial charge in [0, 0.05) is 44.7 Å². The van der Waals surface area contributed by atoms with Gasteiger partial charge in [-0.2, -0.15) is 0 Å². The number of hydrogen-bond donors (Lipinski definition) is 2. The molecule has 1 saturated heterocycles. The molecular weight excluding hydrogens is 322 g/mol. The number of unbranched alkanes of at least 4 members (excludes halogenated alkanes) is 1. The molecule has 1 aliphatic heterocycles. The van der Waals surface area contributed by atoms with Crippen molar-refractivity contribution in [1.82, 2.24) is 9.80 Å². The van der Waals surface area contributed by atoms with Gasteiger partial charge in [0.1, 0.15) is 0 Å². The fraction of sp³-hybridized carbons (Fsp3) is 0.500. The minimum absolute atomic E-state index is 0.0316. The van der Waals surface area contributed by atoms with Gasteiger partial charge in [-0.25, -0.2) is 4.79 Å². The highest BCUT2D eigenvalue weighted by Crippen LogP contribution is 2.12. The molecule has 0 bridgehead atoms. The maximum Gasteiger partial charge on any atom is 0.321 e. The molecule has 1 aromatic rings. The van der Waals surface area contributed by atoms with Crippen molar-refractivity contribution >= 4 is 23.6 Å². The number of urea groups is 1. The molecule has 0 aliphatic carbocycles. The highest BCUT2D eigenvalue weighted by molar-refractivity contribution is 5.89. The smallest absolute Gasteiger partial charge is 0.321 e. The van der Waals surface area contributed by atoms with E-state index in [-0.39, 0.29) is 18.4 Å². The summed E-state index contributed by atoms with van der Waals surface area (Å²) in [7, 11) is 0. The molecule has 0 radical (unpaired) electrons. The molecule has 1 heterocycles. The first-order chi connectivity index (χ1) is 12.0. The molecule has 3 amide bonds. The lowest BCUT2D eigenvalue weighted by Crippen LogP contribution is -2.51. The van der Waals surface area contributed by atoms with Crippen LogP contribution in [0.15, 0.2) is 24.3 Å². The monoisotopic (exact) mass is 347 g/mol. The predicted molar refractivity (Wildman–Crippen MR) is 94.5 cm³/mol. The van der Waals surface area contributed by atoms with E-state index >= 15 is 0 Å². The van der Waals surface area contributed by atoms with E-state index in [0.717, 1.165) is 11.3 Å². The predicted octanol–water partition coefficient (Wildman–Crippen LogP) is 2.32. The summed E-state index contributed by atoms with van der Waals surface area (Å²) in [5.41, 5.74) is 1.85. The van der Waals surface area contributed by atoms with Gasteiger partial charge in [0.05, 0.1) is 0 Å². The van der Waals surface area contributed by atoms with Crippen LogP contribution in [-0.2, 0) is 9.59 Å². The molecule has 0 saturated carbocycles. The molecule has 1 aromatic carbocycles. The number of amides is 3. The van der Waals surface area contributed by atoms with Crippen molar-refractivity contribution in [2.45, 2.75) is 32.6 Å². The number of carbonyl (C=O) groups excluding carboxylic acids is 2. The van der Waals surface area contributed by atoms with Gasteiger partial charge in [0.2, 0.25) is 5.91 Å². The van der Waals surface area contributed by atoms with E-state index in [1.807, 2.05) is 31.2 Å². The number of hydrogen-bond acceptors (Lipinski definition) is 3. The topological polar surface area (TPSA) is 90.0 Å². The lowest BCUT2D eigenvalue weighted by Gasteiger charge is -2.34. The van der Waals surface area contributed by atoms with Gasteiger partial charge in [-0.3, -0.25) is 9.59 Å². The number of anilines is 1. The number of carbonyl (C=O) groups is 3. The fourth-order valence-corrected chi connectivity index (χ4v) is 2.79. The number of benzene rings is 1. The van der Waals surface area contributed by atoms with Crippen LogP contribution < -0.4 is 5.32 Å². The zero-order valence-electron chi connectivity index (χ0n) is 14.5. The van der Waals surface area contributed by atoms with E-state index in [1.165, 1.54) is 0 Å². The maximum absolute atomic E-state index is 12.3. The molecular formula is C18H25N3O4. The molecule has 0 unspecified atom stereocenters. The van der Waals surface area contributed by atoms with E-state index in [4.69, 9.17) is 5.11 Å². The lowest BCUT2D eigenvalue weighted by atomic mass is 10.1.